The molecule has 2 rings (SSSR count). The molecule has 2 N–H and O–H groups in total. The fourth-order valence-electron chi connectivity index (χ4n) is 2.87. The van der Waals surface area contributed by atoms with E-state index in [2.05, 4.69) is 11.8 Å². The van der Waals surface area contributed by atoms with E-state index in [0.29, 0.717) is 24.0 Å². The molecule has 1 unspecified atom stereocenters. The summed E-state index contributed by atoms with van der Waals surface area (Å²) in [5.74, 6) is 0.192. The van der Waals surface area contributed by atoms with Crippen LogP contribution in [-0.2, 0) is 16.4 Å². The molecule has 0 radical (unpaired) electrons. The van der Waals surface area contributed by atoms with Gasteiger partial charge in [0, 0.05) is 19.1 Å². The van der Waals surface area contributed by atoms with Gasteiger partial charge in [-0.25, -0.2) is 8.42 Å². The standard InChI is InChI=1S/C15H24N2O2S/c1-2-14-6-4-8-17(14)9-10-20(18,19)15-7-3-5-13(11-15)12-16/h3,5,7,11,14H,2,4,6,8-10,12,16H2,1H3. The fourth-order valence-corrected chi connectivity index (χ4v) is 4.20. The summed E-state index contributed by atoms with van der Waals surface area (Å²) in [6.45, 7) is 4.19. The molecule has 1 aromatic rings. The maximum Gasteiger partial charge on any atom is 0.179 e. The molecule has 0 aromatic heterocycles. The lowest BCUT2D eigenvalue weighted by Crippen LogP contribution is -2.33. The van der Waals surface area contributed by atoms with E-state index >= 15 is 0 Å². The molecule has 0 saturated carbocycles. The first-order chi connectivity index (χ1) is 9.56. The maximum atomic E-state index is 12.4. The summed E-state index contributed by atoms with van der Waals surface area (Å²) in [6.07, 6.45) is 3.48. The molecule has 1 fully saturated rings. The molecule has 1 atom stereocenters. The molecule has 4 nitrogen and oxygen atoms in total. The number of nitrogens with two attached hydrogens (primary N) is 1. The zero-order chi connectivity index (χ0) is 14.6. The average Bonchev–Trinajstić information content (AvgIpc) is 2.93. The Morgan fingerprint density at radius 1 is 1.40 bits per heavy atom. The lowest BCUT2D eigenvalue weighted by atomic mass is 10.2. The normalized spacial score (nSPS) is 20.4. The summed E-state index contributed by atoms with van der Waals surface area (Å²) >= 11 is 0. The molecule has 0 bridgehead atoms. The monoisotopic (exact) mass is 296 g/mol. The highest BCUT2D eigenvalue weighted by Crippen LogP contribution is 2.20. The number of nitrogens with zero attached hydrogens (tertiary/aromatic N) is 1. The summed E-state index contributed by atoms with van der Waals surface area (Å²) in [6, 6.07) is 7.53. The van der Waals surface area contributed by atoms with Crippen LogP contribution >= 0.6 is 0 Å². The van der Waals surface area contributed by atoms with Gasteiger partial charge in [0.05, 0.1) is 10.6 Å². The van der Waals surface area contributed by atoms with Crippen LogP contribution in [0.3, 0.4) is 0 Å². The lowest BCUT2D eigenvalue weighted by molar-refractivity contribution is 0.262. The van der Waals surface area contributed by atoms with Gasteiger partial charge in [-0.1, -0.05) is 19.1 Å². The van der Waals surface area contributed by atoms with Gasteiger partial charge in [0.1, 0.15) is 0 Å². The zero-order valence-corrected chi connectivity index (χ0v) is 12.9. The molecule has 0 amide bonds. The van der Waals surface area contributed by atoms with Crippen LogP contribution in [0.15, 0.2) is 29.2 Å². The van der Waals surface area contributed by atoms with Gasteiger partial charge in [-0.2, -0.15) is 0 Å². The van der Waals surface area contributed by atoms with Crippen LogP contribution in [0.1, 0.15) is 31.7 Å². The molecule has 20 heavy (non-hydrogen) atoms. The molecule has 0 spiro atoms. The quantitative estimate of drug-likeness (QED) is 0.869. The van der Waals surface area contributed by atoms with Gasteiger partial charge in [0.25, 0.3) is 0 Å². The molecule has 5 heteroatoms. The molecule has 1 heterocycles. The Balaban J connectivity index is 2.03. The van der Waals surface area contributed by atoms with E-state index in [-0.39, 0.29) is 5.75 Å². The van der Waals surface area contributed by atoms with E-state index in [4.69, 9.17) is 5.73 Å². The van der Waals surface area contributed by atoms with E-state index in [1.807, 2.05) is 6.07 Å². The molecule has 112 valence electrons. The minimum atomic E-state index is -3.21. The van der Waals surface area contributed by atoms with Gasteiger partial charge in [-0.05, 0) is 43.5 Å². The number of rotatable bonds is 6. The smallest absolute Gasteiger partial charge is 0.179 e. The van der Waals surface area contributed by atoms with Gasteiger partial charge in [-0.15, -0.1) is 0 Å². The summed E-state index contributed by atoms with van der Waals surface area (Å²) < 4.78 is 24.8. The Labute approximate surface area is 121 Å². The van der Waals surface area contributed by atoms with Crippen molar-refractivity contribution in [2.24, 2.45) is 5.73 Å². The summed E-state index contributed by atoms with van der Waals surface area (Å²) in [5.41, 5.74) is 6.43. The van der Waals surface area contributed by atoms with Crippen LogP contribution in [0, 0.1) is 0 Å². The van der Waals surface area contributed by atoms with Gasteiger partial charge in [-0.3, -0.25) is 4.90 Å². The third-order valence-electron chi connectivity index (χ3n) is 4.11. The first kappa shape index (κ1) is 15.5. The van der Waals surface area contributed by atoms with Crippen molar-refractivity contribution in [3.05, 3.63) is 29.8 Å². The zero-order valence-electron chi connectivity index (χ0n) is 12.1. The summed E-state index contributed by atoms with van der Waals surface area (Å²) in [4.78, 5) is 2.71. The van der Waals surface area contributed by atoms with Crippen LogP contribution in [0.4, 0.5) is 0 Å². The lowest BCUT2D eigenvalue weighted by Gasteiger charge is -2.23. The molecule has 1 aromatic carbocycles. The molecule has 1 aliphatic rings. The summed E-state index contributed by atoms with van der Waals surface area (Å²) in [7, 11) is -3.21. The van der Waals surface area contributed by atoms with Crippen LogP contribution in [-0.4, -0.2) is 38.2 Å². The van der Waals surface area contributed by atoms with E-state index in [9.17, 15) is 8.42 Å². The molecule has 1 aliphatic heterocycles. The Kier molecular flexibility index (Phi) is 5.18. The van der Waals surface area contributed by atoms with Crippen LogP contribution in [0.25, 0.3) is 0 Å². The number of sulfone groups is 1. The van der Waals surface area contributed by atoms with Gasteiger partial charge >= 0.3 is 0 Å². The van der Waals surface area contributed by atoms with E-state index in [0.717, 1.165) is 18.5 Å². The van der Waals surface area contributed by atoms with Crippen molar-refractivity contribution in [3.8, 4) is 0 Å². The third kappa shape index (κ3) is 3.59. The van der Waals surface area contributed by atoms with Gasteiger partial charge in [0.2, 0.25) is 0 Å². The topological polar surface area (TPSA) is 63.4 Å². The van der Waals surface area contributed by atoms with Crippen molar-refractivity contribution in [2.45, 2.75) is 43.7 Å². The predicted molar refractivity (Wildman–Crippen MR) is 81.3 cm³/mol. The SMILES string of the molecule is CCC1CCCN1CCS(=O)(=O)c1cccc(CN)c1. The van der Waals surface area contributed by atoms with E-state index < -0.39 is 9.84 Å². The van der Waals surface area contributed by atoms with E-state index in [1.165, 1.54) is 12.8 Å². The number of hydrogen-bond acceptors (Lipinski definition) is 4. The molecule has 1 saturated heterocycles. The second-order valence-electron chi connectivity index (χ2n) is 5.41. The highest BCUT2D eigenvalue weighted by molar-refractivity contribution is 7.91. The number of benzene rings is 1. The largest absolute Gasteiger partial charge is 0.326 e. The number of likely N-dealkylation sites (tertiary alicyclic amines) is 1. The average molecular weight is 296 g/mol. The minimum absolute atomic E-state index is 0.192. The van der Waals surface area contributed by atoms with E-state index in [1.54, 1.807) is 18.2 Å². The summed E-state index contributed by atoms with van der Waals surface area (Å²) in [5, 5.41) is 0. The van der Waals surface area contributed by atoms with Crippen LogP contribution in [0.5, 0.6) is 0 Å². The predicted octanol–water partition coefficient (Wildman–Crippen LogP) is 1.79. The second-order valence-corrected chi connectivity index (χ2v) is 7.52. The van der Waals surface area contributed by atoms with Crippen LogP contribution < -0.4 is 5.73 Å². The molecular weight excluding hydrogens is 272 g/mol. The fraction of sp³-hybridized carbons (Fsp3) is 0.600. The minimum Gasteiger partial charge on any atom is -0.326 e. The molecular formula is C15H24N2O2S. The van der Waals surface area contributed by atoms with Crippen molar-refractivity contribution >= 4 is 9.84 Å². The second kappa shape index (κ2) is 6.70. The highest BCUT2D eigenvalue weighted by atomic mass is 32.2. The van der Waals surface area contributed by atoms with Crippen molar-refractivity contribution in [2.75, 3.05) is 18.8 Å². The first-order valence-electron chi connectivity index (χ1n) is 7.32. The van der Waals surface area contributed by atoms with Crippen molar-refractivity contribution < 1.29 is 8.42 Å². The van der Waals surface area contributed by atoms with Crippen molar-refractivity contribution in [1.29, 1.82) is 0 Å². The Morgan fingerprint density at radius 3 is 2.90 bits per heavy atom. The highest BCUT2D eigenvalue weighted by Gasteiger charge is 2.24. The Hall–Kier alpha value is -0.910. The molecule has 0 aliphatic carbocycles. The van der Waals surface area contributed by atoms with Crippen molar-refractivity contribution in [1.82, 2.24) is 4.90 Å². The van der Waals surface area contributed by atoms with Crippen LogP contribution in [0.2, 0.25) is 0 Å². The van der Waals surface area contributed by atoms with Crippen molar-refractivity contribution in [3.63, 3.8) is 0 Å². The maximum absolute atomic E-state index is 12.4. The Bertz CT molecular complexity index is 543. The van der Waals surface area contributed by atoms with Gasteiger partial charge in [0.15, 0.2) is 9.84 Å². The Morgan fingerprint density at radius 2 is 2.20 bits per heavy atom. The number of hydrogen-bond donors (Lipinski definition) is 1. The third-order valence-corrected chi connectivity index (χ3v) is 5.80. The van der Waals surface area contributed by atoms with Gasteiger partial charge < -0.3 is 5.73 Å². The first-order valence-corrected chi connectivity index (χ1v) is 8.98.